The number of likely N-dealkylation sites (N-methyl/N-ethyl adjacent to an activating group) is 1. The van der Waals surface area contributed by atoms with Gasteiger partial charge in [0.15, 0.2) is 0 Å². The Labute approximate surface area is 134 Å². The van der Waals surface area contributed by atoms with Crippen molar-refractivity contribution in [3.8, 4) is 10.4 Å². The molecule has 2 aromatic rings. The maximum atomic E-state index is 12.3. The monoisotopic (exact) mass is 316 g/mol. The fourth-order valence-corrected chi connectivity index (χ4v) is 3.21. The molecule has 1 atom stereocenters. The number of aliphatic hydroxyl groups excluding tert-OH is 1. The Balaban J connectivity index is 1.68. The zero-order valence-corrected chi connectivity index (χ0v) is 13.3. The highest BCUT2D eigenvalue weighted by molar-refractivity contribution is 7.13. The Kier molecular flexibility index (Phi) is 4.45. The Morgan fingerprint density at radius 2 is 2.14 bits per heavy atom. The summed E-state index contributed by atoms with van der Waals surface area (Å²) in [6, 6.07) is 11.6. The lowest BCUT2D eigenvalue weighted by Crippen LogP contribution is -2.38. The van der Waals surface area contributed by atoms with Gasteiger partial charge in [0, 0.05) is 24.0 Å². The van der Waals surface area contributed by atoms with Crippen molar-refractivity contribution in [2.45, 2.75) is 18.9 Å². The van der Waals surface area contributed by atoms with E-state index in [1.54, 1.807) is 23.3 Å². The van der Waals surface area contributed by atoms with Gasteiger partial charge in [0.1, 0.15) is 0 Å². The molecule has 1 aliphatic carbocycles. The van der Waals surface area contributed by atoms with Gasteiger partial charge in [0.05, 0.1) is 11.8 Å². The molecule has 1 unspecified atom stereocenters. The van der Waals surface area contributed by atoms with Crippen LogP contribution >= 0.6 is 11.3 Å². The molecular formula is C17H20N2O2S. The van der Waals surface area contributed by atoms with E-state index in [2.05, 4.69) is 5.32 Å². The normalized spacial score (nSPS) is 15.4. The summed E-state index contributed by atoms with van der Waals surface area (Å²) in [5.41, 5.74) is 1.81. The van der Waals surface area contributed by atoms with Crippen LogP contribution in [0.5, 0.6) is 0 Å². The van der Waals surface area contributed by atoms with Crippen molar-refractivity contribution >= 4 is 23.1 Å². The quantitative estimate of drug-likeness (QED) is 0.884. The van der Waals surface area contributed by atoms with E-state index >= 15 is 0 Å². The molecule has 1 aliphatic rings. The number of rotatable bonds is 5. The van der Waals surface area contributed by atoms with Crippen LogP contribution in [0.15, 0.2) is 41.8 Å². The number of urea groups is 1. The number of anilines is 1. The summed E-state index contributed by atoms with van der Waals surface area (Å²) >= 11 is 1.64. The number of nitrogens with zero attached hydrogens (tertiary/aromatic N) is 1. The Morgan fingerprint density at radius 1 is 1.36 bits per heavy atom. The maximum absolute atomic E-state index is 12.3. The molecule has 1 saturated carbocycles. The molecule has 1 aromatic heterocycles. The Hall–Kier alpha value is -1.85. The first-order valence-electron chi connectivity index (χ1n) is 7.48. The van der Waals surface area contributed by atoms with Gasteiger partial charge >= 0.3 is 6.03 Å². The summed E-state index contributed by atoms with van der Waals surface area (Å²) < 4.78 is 0. The molecule has 5 heteroatoms. The lowest BCUT2D eigenvalue weighted by Gasteiger charge is -2.22. The second-order valence-corrected chi connectivity index (χ2v) is 6.69. The van der Waals surface area contributed by atoms with Crippen molar-refractivity contribution < 1.29 is 9.90 Å². The number of thiophene rings is 1. The van der Waals surface area contributed by atoms with Crippen molar-refractivity contribution in [3.63, 3.8) is 0 Å². The van der Waals surface area contributed by atoms with Gasteiger partial charge in [-0.15, -0.1) is 11.3 Å². The van der Waals surface area contributed by atoms with Crippen LogP contribution in [0.2, 0.25) is 0 Å². The molecule has 3 rings (SSSR count). The number of benzene rings is 1. The third-order valence-electron chi connectivity index (χ3n) is 3.93. The van der Waals surface area contributed by atoms with Crippen LogP contribution < -0.4 is 5.32 Å². The predicted octanol–water partition coefficient (Wildman–Crippen LogP) is 3.65. The van der Waals surface area contributed by atoms with E-state index in [1.807, 2.05) is 41.8 Å². The molecule has 0 bridgehead atoms. The fraction of sp³-hybridized carbons (Fsp3) is 0.353. The summed E-state index contributed by atoms with van der Waals surface area (Å²) in [4.78, 5) is 15.0. The molecule has 1 fully saturated rings. The van der Waals surface area contributed by atoms with Gasteiger partial charge in [0.25, 0.3) is 0 Å². The lowest BCUT2D eigenvalue weighted by molar-refractivity contribution is 0.117. The van der Waals surface area contributed by atoms with Crippen molar-refractivity contribution in [1.82, 2.24) is 4.90 Å². The highest BCUT2D eigenvalue weighted by Gasteiger charge is 2.31. The first-order valence-corrected chi connectivity index (χ1v) is 8.36. The topological polar surface area (TPSA) is 52.6 Å². The molecule has 0 aliphatic heterocycles. The number of hydrogen-bond acceptors (Lipinski definition) is 3. The van der Waals surface area contributed by atoms with Crippen molar-refractivity contribution in [2.24, 2.45) is 5.92 Å². The number of nitrogens with one attached hydrogen (secondary N) is 1. The van der Waals surface area contributed by atoms with Gasteiger partial charge < -0.3 is 15.3 Å². The molecular weight excluding hydrogens is 296 g/mol. The highest BCUT2D eigenvalue weighted by atomic mass is 32.1. The van der Waals surface area contributed by atoms with Gasteiger partial charge in [-0.1, -0.05) is 24.3 Å². The van der Waals surface area contributed by atoms with Crippen LogP contribution in [-0.2, 0) is 0 Å². The molecule has 4 nitrogen and oxygen atoms in total. The minimum absolute atomic E-state index is 0.191. The van der Waals surface area contributed by atoms with Crippen LogP contribution in [0.3, 0.4) is 0 Å². The summed E-state index contributed by atoms with van der Waals surface area (Å²) in [6.07, 6.45) is 1.72. The van der Waals surface area contributed by atoms with Crippen molar-refractivity contribution in [3.05, 3.63) is 41.8 Å². The molecule has 2 amide bonds. The third kappa shape index (κ3) is 3.48. The molecule has 0 radical (unpaired) electrons. The van der Waals surface area contributed by atoms with Crippen molar-refractivity contribution in [2.75, 3.05) is 18.9 Å². The zero-order valence-electron chi connectivity index (χ0n) is 12.5. The number of carbonyl (C=O) groups excluding carboxylic acids is 1. The molecule has 0 saturated heterocycles. The highest BCUT2D eigenvalue weighted by Crippen LogP contribution is 2.33. The number of carbonyl (C=O) groups is 1. The second kappa shape index (κ2) is 6.50. The molecule has 22 heavy (non-hydrogen) atoms. The first-order chi connectivity index (χ1) is 10.6. The van der Waals surface area contributed by atoms with Crippen LogP contribution in [0.4, 0.5) is 10.5 Å². The van der Waals surface area contributed by atoms with E-state index in [0.717, 1.165) is 29.0 Å². The van der Waals surface area contributed by atoms with Gasteiger partial charge in [-0.2, -0.15) is 0 Å². The molecule has 116 valence electrons. The molecule has 0 spiro atoms. The van der Waals surface area contributed by atoms with E-state index in [1.165, 1.54) is 0 Å². The number of para-hydroxylation sites is 1. The first kappa shape index (κ1) is 15.1. The SMILES string of the molecule is CN(CC(O)C1CC1)C(=O)Nc1ccccc1-c1cccs1. The van der Waals surface area contributed by atoms with E-state index in [0.29, 0.717) is 12.5 Å². The number of aliphatic hydroxyl groups is 1. The summed E-state index contributed by atoms with van der Waals surface area (Å²) in [5.74, 6) is 0.369. The average molecular weight is 316 g/mol. The smallest absolute Gasteiger partial charge is 0.321 e. The van der Waals surface area contributed by atoms with Crippen LogP contribution in [0, 0.1) is 5.92 Å². The van der Waals surface area contributed by atoms with Crippen LogP contribution in [0.25, 0.3) is 10.4 Å². The van der Waals surface area contributed by atoms with Gasteiger partial charge in [-0.25, -0.2) is 4.79 Å². The Bertz CT molecular complexity index is 638. The molecule has 1 heterocycles. The van der Waals surface area contributed by atoms with E-state index in [9.17, 15) is 9.90 Å². The van der Waals surface area contributed by atoms with E-state index < -0.39 is 6.10 Å². The van der Waals surface area contributed by atoms with Gasteiger partial charge in [0.2, 0.25) is 0 Å². The summed E-state index contributed by atoms with van der Waals surface area (Å²) in [7, 11) is 1.72. The maximum Gasteiger partial charge on any atom is 0.321 e. The molecule has 2 N–H and O–H groups in total. The standard InChI is InChI=1S/C17H20N2O2S/c1-19(11-15(20)12-8-9-12)17(21)18-14-6-3-2-5-13(14)16-7-4-10-22-16/h2-7,10,12,15,20H,8-9,11H2,1H3,(H,18,21). The van der Waals surface area contributed by atoms with E-state index in [4.69, 9.17) is 0 Å². The lowest BCUT2D eigenvalue weighted by atomic mass is 10.1. The summed E-state index contributed by atoms with van der Waals surface area (Å²) in [6.45, 7) is 0.373. The number of amides is 2. The average Bonchev–Trinajstić information content (AvgIpc) is 3.23. The van der Waals surface area contributed by atoms with Crippen LogP contribution in [-0.4, -0.2) is 35.7 Å². The molecule has 1 aromatic carbocycles. The third-order valence-corrected chi connectivity index (χ3v) is 4.83. The minimum atomic E-state index is -0.414. The van der Waals surface area contributed by atoms with Gasteiger partial charge in [-0.05, 0) is 36.3 Å². The Morgan fingerprint density at radius 3 is 2.82 bits per heavy atom. The fourth-order valence-electron chi connectivity index (χ4n) is 2.44. The zero-order chi connectivity index (χ0) is 15.5. The predicted molar refractivity (Wildman–Crippen MR) is 90.1 cm³/mol. The largest absolute Gasteiger partial charge is 0.391 e. The van der Waals surface area contributed by atoms with Crippen molar-refractivity contribution in [1.29, 1.82) is 0 Å². The summed E-state index contributed by atoms with van der Waals surface area (Å²) in [5, 5.41) is 14.9. The second-order valence-electron chi connectivity index (χ2n) is 5.74. The van der Waals surface area contributed by atoms with Gasteiger partial charge in [-0.3, -0.25) is 0 Å². The van der Waals surface area contributed by atoms with Crippen LogP contribution in [0.1, 0.15) is 12.8 Å². The number of hydrogen-bond donors (Lipinski definition) is 2. The van der Waals surface area contributed by atoms with E-state index in [-0.39, 0.29) is 6.03 Å². The minimum Gasteiger partial charge on any atom is -0.391 e.